The first kappa shape index (κ1) is 88.8. The zero-order chi connectivity index (χ0) is 67.4. The molecule has 1 fully saturated rings. The van der Waals surface area contributed by atoms with E-state index in [1.54, 1.807) is 0 Å². The van der Waals surface area contributed by atoms with Gasteiger partial charge in [0.15, 0.2) is 6.29 Å². The summed E-state index contributed by atoms with van der Waals surface area (Å²) in [6, 6.07) is -1.20. The van der Waals surface area contributed by atoms with Gasteiger partial charge in [-0.2, -0.15) is 0 Å². The molecular weight excluding hydrogens is 1160 g/mol. The van der Waals surface area contributed by atoms with Crippen molar-refractivity contribution in [3.8, 4) is 0 Å². The summed E-state index contributed by atoms with van der Waals surface area (Å²) < 4.78 is 11.2. The number of hydrogen-bond acceptors (Lipinski definition) is 10. The van der Waals surface area contributed by atoms with Crippen molar-refractivity contribution in [2.75, 3.05) is 13.2 Å². The zero-order valence-corrected chi connectivity index (χ0v) is 60.8. The largest absolute Gasteiger partial charge is 0.394 e. The van der Waals surface area contributed by atoms with E-state index in [1.165, 1.54) is 289 Å². The van der Waals surface area contributed by atoms with Crippen molar-refractivity contribution in [2.24, 2.45) is 0 Å². The van der Waals surface area contributed by atoms with Crippen LogP contribution < -0.4 is 5.32 Å². The normalized spacial score (nSPS) is 18.6. The van der Waals surface area contributed by atoms with Crippen LogP contribution in [0.4, 0.5) is 0 Å². The number of rotatable bonds is 71. The number of carbonyl (C=O) groups excluding carboxylic acids is 1. The van der Waals surface area contributed by atoms with Gasteiger partial charge in [0.1, 0.15) is 36.6 Å². The number of carbonyl (C=O) groups is 1. The predicted molar refractivity (Wildman–Crippen MR) is 395 cm³/mol. The second-order valence-corrected chi connectivity index (χ2v) is 28.1. The van der Waals surface area contributed by atoms with E-state index in [0.717, 1.165) is 51.4 Å². The van der Waals surface area contributed by atoms with Gasteiger partial charge >= 0.3 is 0 Å². The van der Waals surface area contributed by atoms with Crippen molar-refractivity contribution in [2.45, 2.75) is 441 Å². The fraction of sp³-hybridized carbons (Fsp3) is 0.866. The van der Waals surface area contributed by atoms with Crippen LogP contribution in [0.1, 0.15) is 386 Å². The van der Waals surface area contributed by atoms with E-state index in [-0.39, 0.29) is 12.8 Å². The molecule has 1 amide bonds. The number of aliphatic hydroxyl groups excluding tert-OH is 7. The molecule has 8 N–H and O–H groups in total. The van der Waals surface area contributed by atoms with Gasteiger partial charge in [-0.3, -0.25) is 4.79 Å². The van der Waals surface area contributed by atoms with Gasteiger partial charge in [-0.15, -0.1) is 0 Å². The molecule has 0 radical (unpaired) electrons. The molecule has 9 atom stereocenters. The summed E-state index contributed by atoms with van der Waals surface area (Å²) in [4.78, 5) is 13.3. The topological polar surface area (TPSA) is 189 Å². The van der Waals surface area contributed by atoms with Gasteiger partial charge in [-0.05, 0) is 96.3 Å². The fourth-order valence-electron chi connectivity index (χ4n) is 12.9. The number of amides is 1. The Labute approximate surface area is 573 Å². The molecule has 0 aromatic rings. The number of allylic oxidation sites excluding steroid dienone is 10. The lowest BCUT2D eigenvalue weighted by Crippen LogP contribution is -2.60. The van der Waals surface area contributed by atoms with Gasteiger partial charge in [0.25, 0.3) is 0 Å². The molecule has 1 rings (SSSR count). The summed E-state index contributed by atoms with van der Waals surface area (Å²) in [6.07, 6.45) is 83.5. The molecule has 93 heavy (non-hydrogen) atoms. The Bertz CT molecular complexity index is 1700. The lowest BCUT2D eigenvalue weighted by Gasteiger charge is -2.40. The third-order valence-electron chi connectivity index (χ3n) is 19.2. The highest BCUT2D eigenvalue weighted by Gasteiger charge is 2.44. The summed E-state index contributed by atoms with van der Waals surface area (Å²) in [7, 11) is 0. The standard InChI is InChI=1S/C82H153NO10/c1-3-5-7-9-11-13-15-17-19-21-23-25-27-29-31-33-34-35-36-37-38-39-40-41-42-44-46-48-50-52-54-56-58-60-62-64-66-68-70-75(86)81(91)83-73(72-92-82-80(90)79(89)78(88)76(71-84)93-82)77(87)74(85)69-67-65-63-61-59-57-55-53-51-49-47-45-43-32-30-28-26-24-22-20-18-16-14-12-10-8-6-4-2/h34-35,37-38,45,47,53,55,61,63,73-80,82,84-90H,3-33,36,39-44,46,48-52,54,56-60,62,64-72H2,1-2H3,(H,83,91)/b35-34-,38-37-,47-45+,55-53+,63-61+. The number of aliphatic hydroxyl groups is 7. The molecule has 11 nitrogen and oxygen atoms in total. The fourth-order valence-corrected chi connectivity index (χ4v) is 12.9. The zero-order valence-electron chi connectivity index (χ0n) is 60.8. The van der Waals surface area contributed by atoms with Crippen molar-refractivity contribution in [3.05, 3.63) is 60.8 Å². The van der Waals surface area contributed by atoms with Crippen LogP contribution in [-0.4, -0.2) is 110 Å². The quantitative estimate of drug-likeness (QED) is 0.0215. The summed E-state index contributed by atoms with van der Waals surface area (Å²) >= 11 is 0. The maximum Gasteiger partial charge on any atom is 0.249 e. The highest BCUT2D eigenvalue weighted by molar-refractivity contribution is 5.80. The number of hydrogen-bond donors (Lipinski definition) is 8. The lowest BCUT2D eigenvalue weighted by molar-refractivity contribution is -0.303. The lowest BCUT2D eigenvalue weighted by atomic mass is 9.98. The van der Waals surface area contributed by atoms with Crippen molar-refractivity contribution in [1.82, 2.24) is 5.32 Å². The second-order valence-electron chi connectivity index (χ2n) is 28.1. The molecule has 1 aliphatic rings. The van der Waals surface area contributed by atoms with E-state index in [2.05, 4.69) is 79.9 Å². The van der Waals surface area contributed by atoms with Crippen LogP contribution >= 0.6 is 0 Å². The van der Waals surface area contributed by atoms with Crippen molar-refractivity contribution in [1.29, 1.82) is 0 Å². The molecule has 1 heterocycles. The van der Waals surface area contributed by atoms with Crippen molar-refractivity contribution >= 4 is 5.91 Å². The van der Waals surface area contributed by atoms with Crippen LogP contribution in [-0.2, 0) is 14.3 Å². The summed E-state index contributed by atoms with van der Waals surface area (Å²) in [5.41, 5.74) is 0. The molecule has 0 aromatic carbocycles. The summed E-state index contributed by atoms with van der Waals surface area (Å²) in [6.45, 7) is 3.49. The number of nitrogens with one attached hydrogen (secondary N) is 1. The monoisotopic (exact) mass is 1310 g/mol. The van der Waals surface area contributed by atoms with E-state index >= 15 is 0 Å². The minimum absolute atomic E-state index is 0.241. The van der Waals surface area contributed by atoms with Crippen molar-refractivity contribution in [3.63, 3.8) is 0 Å². The third-order valence-corrected chi connectivity index (χ3v) is 19.2. The van der Waals surface area contributed by atoms with Crippen LogP contribution in [0.3, 0.4) is 0 Å². The molecule has 0 saturated carbocycles. The Hall–Kier alpha value is -2.19. The SMILES string of the molecule is CCCCCCCCCCCCCCCCC/C=C\C/C=C\CCCCCCCCCCCCCCCCCCC(O)C(=O)NC(COC1OC(CO)C(O)C(O)C1O)C(O)C(O)CCC/C=C/CC/C=C/CC/C=C/CCCCCCCCCCCCCCCCC. The van der Waals surface area contributed by atoms with E-state index in [9.17, 15) is 40.5 Å². The van der Waals surface area contributed by atoms with Gasteiger partial charge in [-0.1, -0.05) is 351 Å². The first-order valence-electron chi connectivity index (χ1n) is 40.2. The number of ether oxygens (including phenoxy) is 2. The van der Waals surface area contributed by atoms with E-state index < -0.39 is 74.2 Å². The highest BCUT2D eigenvalue weighted by atomic mass is 16.7. The van der Waals surface area contributed by atoms with E-state index in [1.807, 2.05) is 0 Å². The third kappa shape index (κ3) is 56.4. The number of unbranched alkanes of at least 4 members (excludes halogenated alkanes) is 49. The first-order chi connectivity index (χ1) is 45.7. The average Bonchev–Trinajstić information content (AvgIpc) is 1.03. The molecule has 1 aliphatic heterocycles. The van der Waals surface area contributed by atoms with E-state index in [4.69, 9.17) is 9.47 Å². The average molecular weight is 1310 g/mol. The Kier molecular flexibility index (Phi) is 66.6. The summed E-state index contributed by atoms with van der Waals surface area (Å²) in [5, 5.41) is 76.6. The van der Waals surface area contributed by atoms with Crippen LogP contribution in [0.5, 0.6) is 0 Å². The molecule has 0 aliphatic carbocycles. The van der Waals surface area contributed by atoms with Crippen molar-refractivity contribution < 1.29 is 50.0 Å². The second kappa shape index (κ2) is 69.7. The van der Waals surface area contributed by atoms with Crippen LogP contribution in [0, 0.1) is 0 Å². The summed E-state index contributed by atoms with van der Waals surface area (Å²) in [5.74, 6) is -0.708. The van der Waals surface area contributed by atoms with E-state index in [0.29, 0.717) is 19.3 Å². The maximum absolute atomic E-state index is 13.3. The van der Waals surface area contributed by atoms with Crippen LogP contribution in [0.25, 0.3) is 0 Å². The minimum Gasteiger partial charge on any atom is -0.394 e. The van der Waals surface area contributed by atoms with Gasteiger partial charge < -0.3 is 50.5 Å². The molecule has 0 aromatic heterocycles. The molecule has 9 unspecified atom stereocenters. The highest BCUT2D eigenvalue weighted by Crippen LogP contribution is 2.24. The minimum atomic E-state index is -1.68. The smallest absolute Gasteiger partial charge is 0.249 e. The van der Waals surface area contributed by atoms with Crippen LogP contribution in [0.15, 0.2) is 60.8 Å². The maximum atomic E-state index is 13.3. The molecule has 11 heteroatoms. The van der Waals surface area contributed by atoms with Gasteiger partial charge in [-0.25, -0.2) is 0 Å². The Morgan fingerprint density at radius 2 is 0.677 bits per heavy atom. The molecule has 0 spiro atoms. The van der Waals surface area contributed by atoms with Crippen LogP contribution in [0.2, 0.25) is 0 Å². The molecule has 546 valence electrons. The Morgan fingerprint density at radius 3 is 1.02 bits per heavy atom. The Morgan fingerprint density at radius 1 is 0.376 bits per heavy atom. The first-order valence-corrected chi connectivity index (χ1v) is 40.2. The Balaban J connectivity index is 2.16. The van der Waals surface area contributed by atoms with Gasteiger partial charge in [0, 0.05) is 0 Å². The molecule has 0 bridgehead atoms. The molecular formula is C82H153NO10. The molecule has 1 saturated heterocycles. The van der Waals surface area contributed by atoms with Gasteiger partial charge in [0.05, 0.1) is 25.4 Å². The van der Waals surface area contributed by atoms with Gasteiger partial charge in [0.2, 0.25) is 5.91 Å². The predicted octanol–water partition coefficient (Wildman–Crippen LogP) is 20.8.